The number of carbonyl (C=O) groups is 2. The third kappa shape index (κ3) is 4.26. The highest BCUT2D eigenvalue weighted by Crippen LogP contribution is 2.44. The predicted octanol–water partition coefficient (Wildman–Crippen LogP) is 4.87. The van der Waals surface area contributed by atoms with Crippen LogP contribution in [-0.2, 0) is 19.1 Å². The molecular weight excluding hydrogens is 418 g/mol. The lowest BCUT2D eigenvalue weighted by molar-refractivity contribution is -0.146. The van der Waals surface area contributed by atoms with E-state index >= 15 is 0 Å². The van der Waals surface area contributed by atoms with Crippen molar-refractivity contribution in [3.8, 4) is 0 Å². The number of rotatable bonds is 7. The second-order valence-corrected chi connectivity index (χ2v) is 8.23. The normalized spacial score (nSPS) is 20.0. The first-order valence-corrected chi connectivity index (χ1v) is 10.5. The van der Waals surface area contributed by atoms with Gasteiger partial charge >= 0.3 is 11.9 Å². The molecule has 0 fully saturated rings. The number of allylic oxidation sites excluding steroid dienone is 1. The van der Waals surface area contributed by atoms with E-state index in [4.69, 9.17) is 9.47 Å². The lowest BCUT2D eigenvalue weighted by Crippen LogP contribution is -2.37. The fourth-order valence-corrected chi connectivity index (χ4v) is 4.74. The zero-order chi connectivity index (χ0) is 19.3. The van der Waals surface area contributed by atoms with Gasteiger partial charge in [0.2, 0.25) is 0 Å². The quantitative estimate of drug-likeness (QED) is 0.566. The molecule has 26 heavy (non-hydrogen) atoms. The maximum Gasteiger partial charge on any atom is 0.336 e. The van der Waals surface area contributed by atoms with Gasteiger partial charge in [0, 0.05) is 16.5 Å². The summed E-state index contributed by atoms with van der Waals surface area (Å²) in [6, 6.07) is 3.87. The molecule has 0 spiro atoms. The zero-order valence-electron chi connectivity index (χ0n) is 15.5. The van der Waals surface area contributed by atoms with Crippen LogP contribution in [-0.4, -0.2) is 30.9 Å². The number of hydrogen-bond donors (Lipinski definition) is 0. The first kappa shape index (κ1) is 20.8. The van der Waals surface area contributed by atoms with Crippen molar-refractivity contribution in [1.29, 1.82) is 0 Å². The Morgan fingerprint density at radius 2 is 1.81 bits per heavy atom. The Kier molecular flexibility index (Phi) is 7.58. The lowest BCUT2D eigenvalue weighted by Gasteiger charge is -2.32. The second kappa shape index (κ2) is 9.46. The molecule has 2 atom stereocenters. The van der Waals surface area contributed by atoms with Gasteiger partial charge in [0.1, 0.15) is 5.92 Å². The van der Waals surface area contributed by atoms with Crippen molar-refractivity contribution in [3.05, 3.63) is 32.1 Å². The average molecular weight is 442 g/mol. The molecule has 0 radical (unpaired) electrons. The highest BCUT2D eigenvalue weighted by atomic mass is 79.9. The van der Waals surface area contributed by atoms with Gasteiger partial charge in [-0.2, -0.15) is 0 Å². The fraction of sp³-hybridized carbons (Fsp3) is 0.526. The monoisotopic (exact) mass is 441 g/mol. The van der Waals surface area contributed by atoms with Crippen LogP contribution in [0.15, 0.2) is 32.2 Å². The van der Waals surface area contributed by atoms with Crippen molar-refractivity contribution in [3.63, 3.8) is 0 Å². The summed E-state index contributed by atoms with van der Waals surface area (Å²) >= 11 is 4.99. The van der Waals surface area contributed by atoms with Crippen molar-refractivity contribution < 1.29 is 19.1 Å². The van der Waals surface area contributed by atoms with Gasteiger partial charge in [0.15, 0.2) is 0 Å². The minimum Gasteiger partial charge on any atom is -0.465 e. The highest BCUT2D eigenvalue weighted by Gasteiger charge is 2.44. The third-order valence-corrected chi connectivity index (χ3v) is 5.93. The first-order chi connectivity index (χ1) is 12.5. The molecule has 1 aromatic heterocycles. The number of hydrogen-bond acceptors (Lipinski definition) is 6. The Labute approximate surface area is 166 Å². The summed E-state index contributed by atoms with van der Waals surface area (Å²) in [4.78, 5) is 31.1. The van der Waals surface area contributed by atoms with Crippen molar-refractivity contribution in [2.45, 2.75) is 46.5 Å². The van der Waals surface area contributed by atoms with Crippen LogP contribution in [0.4, 0.5) is 0 Å². The molecule has 5 nitrogen and oxygen atoms in total. The van der Waals surface area contributed by atoms with E-state index in [-0.39, 0.29) is 19.2 Å². The topological polar surface area (TPSA) is 65.0 Å². The summed E-state index contributed by atoms with van der Waals surface area (Å²) < 4.78 is 11.6. The molecule has 1 aliphatic rings. The van der Waals surface area contributed by atoms with Crippen LogP contribution in [0.1, 0.15) is 51.3 Å². The molecule has 0 N–H and O–H groups in total. The molecule has 0 saturated carbocycles. The van der Waals surface area contributed by atoms with Gasteiger partial charge < -0.3 is 9.47 Å². The number of aliphatic imine (C=N–C) groups is 1. The average Bonchev–Trinajstić information content (AvgIpc) is 3.06. The molecule has 2 heterocycles. The number of thiophene rings is 1. The van der Waals surface area contributed by atoms with Crippen LogP contribution >= 0.6 is 27.3 Å². The van der Waals surface area contributed by atoms with Crippen LogP contribution in [0.5, 0.6) is 0 Å². The van der Waals surface area contributed by atoms with E-state index in [9.17, 15) is 9.59 Å². The Balaban J connectivity index is 2.67. The van der Waals surface area contributed by atoms with Gasteiger partial charge in [-0.25, -0.2) is 4.79 Å². The van der Waals surface area contributed by atoms with Gasteiger partial charge in [-0.05, 0) is 54.8 Å². The van der Waals surface area contributed by atoms with Gasteiger partial charge in [-0.3, -0.25) is 9.79 Å². The van der Waals surface area contributed by atoms with E-state index in [2.05, 4.69) is 20.9 Å². The molecule has 0 saturated heterocycles. The van der Waals surface area contributed by atoms with Crippen LogP contribution in [0, 0.1) is 5.92 Å². The van der Waals surface area contributed by atoms with Crippen molar-refractivity contribution in [2.75, 3.05) is 13.2 Å². The van der Waals surface area contributed by atoms with E-state index in [1.54, 1.807) is 13.8 Å². The van der Waals surface area contributed by atoms with Crippen molar-refractivity contribution in [2.24, 2.45) is 10.9 Å². The van der Waals surface area contributed by atoms with Gasteiger partial charge in [-0.1, -0.05) is 13.8 Å². The number of esters is 2. The van der Waals surface area contributed by atoms with Crippen molar-refractivity contribution >= 4 is 44.9 Å². The maximum absolute atomic E-state index is 12.8. The molecule has 2 unspecified atom stereocenters. The van der Waals surface area contributed by atoms with Crippen LogP contribution in [0.2, 0.25) is 0 Å². The number of carbonyl (C=O) groups excluding carboxylic acids is 2. The standard InChI is InChI=1S/C19H24BrNO4S/c1-5-11-15(18(22)24-7-3)17(13-9-10-14(20)26-13)16(12(6-2)21-11)19(23)25-8-4/h9-10,15,17H,5-8H2,1-4H3. The molecule has 142 valence electrons. The van der Waals surface area contributed by atoms with E-state index in [0.29, 0.717) is 24.1 Å². The first-order valence-electron chi connectivity index (χ1n) is 8.87. The molecular formula is C19H24BrNO4S. The summed E-state index contributed by atoms with van der Waals surface area (Å²) in [5.41, 5.74) is 1.91. The predicted molar refractivity (Wildman–Crippen MR) is 107 cm³/mol. The molecule has 0 aliphatic carbocycles. The number of halogens is 1. The van der Waals surface area contributed by atoms with Crippen LogP contribution in [0.3, 0.4) is 0 Å². The van der Waals surface area contributed by atoms with Crippen molar-refractivity contribution in [1.82, 2.24) is 0 Å². The van der Waals surface area contributed by atoms with Gasteiger partial charge in [0.25, 0.3) is 0 Å². The molecule has 1 aliphatic heterocycles. The van der Waals surface area contributed by atoms with Gasteiger partial charge in [-0.15, -0.1) is 11.3 Å². The van der Waals surface area contributed by atoms with E-state index in [1.807, 2.05) is 26.0 Å². The van der Waals surface area contributed by atoms with Crippen LogP contribution < -0.4 is 0 Å². The second-order valence-electron chi connectivity index (χ2n) is 5.74. The highest BCUT2D eigenvalue weighted by molar-refractivity contribution is 9.11. The largest absolute Gasteiger partial charge is 0.465 e. The Morgan fingerprint density at radius 3 is 2.31 bits per heavy atom. The fourth-order valence-electron chi connectivity index (χ4n) is 3.17. The SMILES string of the molecule is CCOC(=O)C1=C(CC)N=C(CC)C(C(=O)OCC)C1c1ccc(Br)s1. The summed E-state index contributed by atoms with van der Waals surface area (Å²) in [7, 11) is 0. The zero-order valence-corrected chi connectivity index (χ0v) is 17.9. The number of nitrogens with zero attached hydrogens (tertiary/aromatic N) is 1. The third-order valence-electron chi connectivity index (χ3n) is 4.23. The van der Waals surface area contributed by atoms with E-state index in [0.717, 1.165) is 14.4 Å². The molecule has 0 amide bonds. The molecule has 1 aromatic rings. The Hall–Kier alpha value is -1.47. The van der Waals surface area contributed by atoms with E-state index in [1.165, 1.54) is 11.3 Å². The molecule has 7 heteroatoms. The lowest BCUT2D eigenvalue weighted by atomic mass is 9.77. The van der Waals surface area contributed by atoms with Crippen LogP contribution in [0.25, 0.3) is 0 Å². The minimum atomic E-state index is -0.611. The Bertz CT molecular complexity index is 738. The maximum atomic E-state index is 12.8. The summed E-state index contributed by atoms with van der Waals surface area (Å²) in [6.45, 7) is 8.03. The molecule has 0 bridgehead atoms. The summed E-state index contributed by atoms with van der Waals surface area (Å²) in [6.07, 6.45) is 1.21. The smallest absolute Gasteiger partial charge is 0.336 e. The molecule has 2 rings (SSSR count). The molecule has 0 aromatic carbocycles. The minimum absolute atomic E-state index is 0.272. The Morgan fingerprint density at radius 1 is 1.12 bits per heavy atom. The summed E-state index contributed by atoms with van der Waals surface area (Å²) in [5, 5.41) is 0. The number of ether oxygens (including phenoxy) is 2. The summed E-state index contributed by atoms with van der Waals surface area (Å²) in [5.74, 6) is -1.81. The van der Waals surface area contributed by atoms with Gasteiger partial charge in [0.05, 0.1) is 28.3 Å². The van der Waals surface area contributed by atoms with E-state index < -0.39 is 17.8 Å².